The average Bonchev–Trinajstić information content (AvgIpc) is 2.70. The number of aromatic nitrogens is 1. The summed E-state index contributed by atoms with van der Waals surface area (Å²) >= 11 is 3.23. The quantitative estimate of drug-likeness (QED) is 0.944. The van der Waals surface area contributed by atoms with Crippen molar-refractivity contribution in [2.45, 2.75) is 4.90 Å². The summed E-state index contributed by atoms with van der Waals surface area (Å²) in [5, 5.41) is 3.40. The van der Waals surface area contributed by atoms with Gasteiger partial charge in [0, 0.05) is 4.47 Å². The SMILES string of the molecule is O=S(=O)(Nc1cnoc1)c1ccc(Br)cc1. The summed E-state index contributed by atoms with van der Waals surface area (Å²) < 4.78 is 31.3. The lowest BCUT2D eigenvalue weighted by Gasteiger charge is -2.04. The fourth-order valence-corrected chi connectivity index (χ4v) is 2.37. The minimum absolute atomic E-state index is 0.178. The van der Waals surface area contributed by atoms with E-state index in [4.69, 9.17) is 0 Å². The van der Waals surface area contributed by atoms with Crippen LogP contribution in [0, 0.1) is 0 Å². The second-order valence-corrected chi connectivity index (χ2v) is 5.57. The van der Waals surface area contributed by atoms with E-state index in [0.29, 0.717) is 5.69 Å². The summed E-state index contributed by atoms with van der Waals surface area (Å²) in [6, 6.07) is 6.31. The van der Waals surface area contributed by atoms with Gasteiger partial charge in [-0.15, -0.1) is 0 Å². The van der Waals surface area contributed by atoms with Gasteiger partial charge in [-0.2, -0.15) is 0 Å². The molecule has 0 fully saturated rings. The summed E-state index contributed by atoms with van der Waals surface area (Å²) in [7, 11) is -3.57. The van der Waals surface area contributed by atoms with Gasteiger partial charge in [-0.1, -0.05) is 21.1 Å². The molecule has 1 aromatic heterocycles. The fourth-order valence-electron chi connectivity index (χ4n) is 1.08. The first kappa shape index (κ1) is 11.2. The number of nitrogens with one attached hydrogen (secondary N) is 1. The van der Waals surface area contributed by atoms with Crippen LogP contribution in [0.4, 0.5) is 5.69 Å². The first-order valence-electron chi connectivity index (χ1n) is 4.26. The van der Waals surface area contributed by atoms with Crippen molar-refractivity contribution in [3.05, 3.63) is 41.2 Å². The molecule has 0 aliphatic heterocycles. The Morgan fingerprint density at radius 3 is 2.50 bits per heavy atom. The number of nitrogens with zero attached hydrogens (tertiary/aromatic N) is 1. The van der Waals surface area contributed by atoms with Gasteiger partial charge < -0.3 is 4.52 Å². The molecule has 84 valence electrons. The summed E-state index contributed by atoms with van der Waals surface area (Å²) in [5.41, 5.74) is 0.294. The number of hydrogen-bond acceptors (Lipinski definition) is 4. The van der Waals surface area contributed by atoms with Gasteiger partial charge in [0.2, 0.25) is 0 Å². The van der Waals surface area contributed by atoms with Crippen molar-refractivity contribution in [1.82, 2.24) is 5.16 Å². The molecule has 1 aromatic carbocycles. The lowest BCUT2D eigenvalue weighted by molar-refractivity contribution is 0.420. The van der Waals surface area contributed by atoms with Crippen LogP contribution >= 0.6 is 15.9 Å². The first-order valence-corrected chi connectivity index (χ1v) is 6.53. The molecule has 0 atom stereocenters. The Labute approximate surface area is 101 Å². The Balaban J connectivity index is 2.29. The number of sulfonamides is 1. The van der Waals surface area contributed by atoms with Crippen molar-refractivity contribution in [1.29, 1.82) is 0 Å². The number of halogens is 1. The van der Waals surface area contributed by atoms with Crippen LogP contribution in [0.15, 0.2) is 50.6 Å². The summed E-state index contributed by atoms with van der Waals surface area (Å²) in [6.07, 6.45) is 2.51. The van der Waals surface area contributed by atoms with Gasteiger partial charge >= 0.3 is 0 Å². The molecule has 16 heavy (non-hydrogen) atoms. The van der Waals surface area contributed by atoms with E-state index in [9.17, 15) is 8.42 Å². The zero-order valence-electron chi connectivity index (χ0n) is 7.92. The first-order chi connectivity index (χ1) is 7.58. The van der Waals surface area contributed by atoms with Crippen molar-refractivity contribution in [2.75, 3.05) is 4.72 Å². The molecular weight excluding hydrogens is 296 g/mol. The Kier molecular flexibility index (Phi) is 2.97. The van der Waals surface area contributed by atoms with Crippen molar-refractivity contribution in [3.63, 3.8) is 0 Å². The number of hydrogen-bond donors (Lipinski definition) is 1. The molecule has 0 bridgehead atoms. The van der Waals surface area contributed by atoms with Crippen LogP contribution in [-0.4, -0.2) is 13.6 Å². The second kappa shape index (κ2) is 4.26. The maximum Gasteiger partial charge on any atom is 0.262 e. The number of benzene rings is 1. The zero-order chi connectivity index (χ0) is 11.6. The van der Waals surface area contributed by atoms with Crippen molar-refractivity contribution in [3.8, 4) is 0 Å². The molecule has 1 N–H and O–H groups in total. The molecule has 0 radical (unpaired) electrons. The molecule has 2 aromatic rings. The fraction of sp³-hybridized carbons (Fsp3) is 0. The highest BCUT2D eigenvalue weighted by Crippen LogP contribution is 2.17. The van der Waals surface area contributed by atoms with Crippen molar-refractivity contribution < 1.29 is 12.9 Å². The molecule has 2 rings (SSSR count). The normalized spacial score (nSPS) is 11.3. The molecule has 0 spiro atoms. The molecule has 0 aliphatic carbocycles. The Morgan fingerprint density at radius 2 is 1.94 bits per heavy atom. The summed E-state index contributed by atoms with van der Waals surface area (Å²) in [4.78, 5) is 0.178. The summed E-state index contributed by atoms with van der Waals surface area (Å²) in [6.45, 7) is 0. The minimum atomic E-state index is -3.57. The van der Waals surface area contributed by atoms with E-state index in [-0.39, 0.29) is 4.90 Å². The second-order valence-electron chi connectivity index (χ2n) is 2.97. The Bertz CT molecular complexity index is 563. The smallest absolute Gasteiger partial charge is 0.262 e. The third-order valence-electron chi connectivity index (χ3n) is 1.81. The maximum atomic E-state index is 11.8. The standard InChI is InChI=1S/C9H7BrN2O3S/c10-7-1-3-9(4-2-7)16(13,14)12-8-5-11-15-6-8/h1-6,12H. The third kappa shape index (κ3) is 2.42. The highest BCUT2D eigenvalue weighted by molar-refractivity contribution is 9.10. The molecule has 7 heteroatoms. The van der Waals surface area contributed by atoms with Crippen LogP contribution in [0.2, 0.25) is 0 Å². The van der Waals surface area contributed by atoms with Gasteiger partial charge in [0.1, 0.15) is 12.0 Å². The van der Waals surface area contributed by atoms with E-state index in [1.807, 2.05) is 0 Å². The van der Waals surface area contributed by atoms with E-state index >= 15 is 0 Å². The predicted molar refractivity (Wildman–Crippen MR) is 61.5 cm³/mol. The molecule has 0 aliphatic rings. The number of rotatable bonds is 3. The molecular formula is C9H7BrN2O3S. The maximum absolute atomic E-state index is 11.8. The molecule has 0 amide bonds. The van der Waals surface area contributed by atoms with Crippen LogP contribution < -0.4 is 4.72 Å². The van der Waals surface area contributed by atoms with Gasteiger partial charge in [0.05, 0.1) is 11.1 Å². The Morgan fingerprint density at radius 1 is 1.25 bits per heavy atom. The van der Waals surface area contributed by atoms with Crippen LogP contribution in [0.25, 0.3) is 0 Å². The molecule has 0 unspecified atom stereocenters. The highest BCUT2D eigenvalue weighted by Gasteiger charge is 2.14. The molecule has 0 saturated carbocycles. The molecule has 1 heterocycles. The molecule has 0 saturated heterocycles. The minimum Gasteiger partial charge on any atom is -0.362 e. The highest BCUT2D eigenvalue weighted by atomic mass is 79.9. The largest absolute Gasteiger partial charge is 0.362 e. The van der Waals surface area contributed by atoms with E-state index in [1.165, 1.54) is 24.6 Å². The van der Waals surface area contributed by atoms with Crippen LogP contribution in [0.1, 0.15) is 0 Å². The van der Waals surface area contributed by atoms with E-state index in [2.05, 4.69) is 30.3 Å². The van der Waals surface area contributed by atoms with Crippen molar-refractivity contribution >= 4 is 31.6 Å². The van der Waals surface area contributed by atoms with Crippen LogP contribution in [0.5, 0.6) is 0 Å². The average molecular weight is 303 g/mol. The van der Waals surface area contributed by atoms with Gasteiger partial charge in [0.25, 0.3) is 10.0 Å². The van der Waals surface area contributed by atoms with Gasteiger partial charge in [-0.3, -0.25) is 4.72 Å². The van der Waals surface area contributed by atoms with Crippen LogP contribution in [0.3, 0.4) is 0 Å². The topological polar surface area (TPSA) is 72.2 Å². The lowest BCUT2D eigenvalue weighted by Crippen LogP contribution is -2.12. The summed E-state index contributed by atoms with van der Waals surface area (Å²) in [5.74, 6) is 0. The number of anilines is 1. The third-order valence-corrected chi connectivity index (χ3v) is 3.73. The van der Waals surface area contributed by atoms with Crippen LogP contribution in [-0.2, 0) is 10.0 Å². The van der Waals surface area contributed by atoms with Crippen molar-refractivity contribution in [2.24, 2.45) is 0 Å². The van der Waals surface area contributed by atoms with E-state index in [0.717, 1.165) is 4.47 Å². The molecule has 5 nitrogen and oxygen atoms in total. The Hall–Kier alpha value is -1.34. The van der Waals surface area contributed by atoms with Gasteiger partial charge in [-0.05, 0) is 24.3 Å². The van der Waals surface area contributed by atoms with E-state index in [1.54, 1.807) is 12.1 Å². The van der Waals surface area contributed by atoms with Gasteiger partial charge in [0.15, 0.2) is 0 Å². The predicted octanol–water partition coefficient (Wildman–Crippen LogP) is 2.24. The zero-order valence-corrected chi connectivity index (χ0v) is 10.3. The van der Waals surface area contributed by atoms with Gasteiger partial charge in [-0.25, -0.2) is 8.42 Å². The van der Waals surface area contributed by atoms with E-state index < -0.39 is 10.0 Å². The monoisotopic (exact) mass is 302 g/mol. The lowest BCUT2D eigenvalue weighted by atomic mass is 10.4.